The van der Waals surface area contributed by atoms with Gasteiger partial charge in [0.25, 0.3) is 0 Å². The number of carbonyl (C=O) groups is 1. The van der Waals surface area contributed by atoms with E-state index in [0.717, 1.165) is 12.8 Å². The molecule has 0 saturated heterocycles. The summed E-state index contributed by atoms with van der Waals surface area (Å²) in [6, 6.07) is 8.30. The zero-order chi connectivity index (χ0) is 9.47. The molecule has 1 aromatic rings. The van der Waals surface area contributed by atoms with Gasteiger partial charge in [0.05, 0.1) is 5.41 Å². The van der Waals surface area contributed by atoms with Crippen LogP contribution in [0.1, 0.15) is 30.9 Å². The maximum Gasteiger partial charge on any atom is 0.143 e. The zero-order valence-electron chi connectivity index (χ0n) is 8.13. The third kappa shape index (κ3) is 1.19. The number of rotatable bonds is 1. The number of hydrogen-bond acceptors (Lipinski definition) is 1. The van der Waals surface area contributed by atoms with Crippen LogP contribution < -0.4 is 0 Å². The van der Waals surface area contributed by atoms with Gasteiger partial charge in [0.15, 0.2) is 0 Å². The summed E-state index contributed by atoms with van der Waals surface area (Å²) in [5.74, 6) is 0.386. The number of carbonyl (C=O) groups excluding carboxylic acids is 1. The van der Waals surface area contributed by atoms with E-state index in [2.05, 4.69) is 31.2 Å². The van der Waals surface area contributed by atoms with E-state index in [4.69, 9.17) is 0 Å². The quantitative estimate of drug-likeness (QED) is 0.639. The fraction of sp³-hybridized carbons (Fsp3) is 0.417. The Kier molecular flexibility index (Phi) is 1.76. The van der Waals surface area contributed by atoms with Crippen LogP contribution in [0.3, 0.4) is 0 Å². The van der Waals surface area contributed by atoms with Gasteiger partial charge in [-0.25, -0.2) is 0 Å². The fourth-order valence-electron chi connectivity index (χ4n) is 1.83. The van der Waals surface area contributed by atoms with Gasteiger partial charge in [-0.1, -0.05) is 29.8 Å². The minimum Gasteiger partial charge on any atom is -0.299 e. The second kappa shape index (κ2) is 2.69. The van der Waals surface area contributed by atoms with E-state index >= 15 is 0 Å². The molecule has 0 radical (unpaired) electrons. The topological polar surface area (TPSA) is 17.1 Å². The minimum atomic E-state index is -0.173. The molecule has 1 aliphatic rings. The van der Waals surface area contributed by atoms with E-state index in [0.29, 0.717) is 5.78 Å². The molecule has 1 aliphatic carbocycles. The Hall–Kier alpha value is -1.11. The van der Waals surface area contributed by atoms with E-state index in [9.17, 15) is 4.79 Å². The fourth-order valence-corrected chi connectivity index (χ4v) is 1.83. The summed E-state index contributed by atoms with van der Waals surface area (Å²) in [7, 11) is 0. The Morgan fingerprint density at radius 2 is 1.85 bits per heavy atom. The molecule has 1 saturated carbocycles. The highest BCUT2D eigenvalue weighted by molar-refractivity contribution is 5.95. The average molecular weight is 174 g/mol. The second-order valence-corrected chi connectivity index (χ2v) is 4.12. The van der Waals surface area contributed by atoms with Gasteiger partial charge in [0.1, 0.15) is 5.78 Å². The molecule has 0 aliphatic heterocycles. The molecular formula is C12H14O. The molecule has 0 amide bonds. The third-order valence-electron chi connectivity index (χ3n) is 3.16. The Morgan fingerprint density at radius 1 is 1.23 bits per heavy atom. The van der Waals surface area contributed by atoms with Crippen LogP contribution in [0.5, 0.6) is 0 Å². The first kappa shape index (κ1) is 8.49. The van der Waals surface area contributed by atoms with Crippen LogP contribution in [-0.4, -0.2) is 5.78 Å². The number of benzene rings is 1. The van der Waals surface area contributed by atoms with Gasteiger partial charge in [-0.2, -0.15) is 0 Å². The zero-order valence-corrected chi connectivity index (χ0v) is 8.13. The van der Waals surface area contributed by atoms with E-state index in [1.807, 2.05) is 6.92 Å². The summed E-state index contributed by atoms with van der Waals surface area (Å²) >= 11 is 0. The Balaban J connectivity index is 2.35. The molecule has 0 bridgehead atoms. The minimum absolute atomic E-state index is 0.173. The van der Waals surface area contributed by atoms with Gasteiger partial charge >= 0.3 is 0 Å². The van der Waals surface area contributed by atoms with Gasteiger partial charge in [-0.05, 0) is 25.8 Å². The standard InChI is InChI=1S/C12H14O/c1-9-3-5-10(6-4-9)12(2)8-7-11(12)13/h3-6H,7-8H2,1-2H3/t12-/m1/s1. The van der Waals surface area contributed by atoms with Gasteiger partial charge in [-0.15, -0.1) is 0 Å². The summed E-state index contributed by atoms with van der Waals surface area (Å²) in [6.07, 6.45) is 1.76. The van der Waals surface area contributed by atoms with Crippen molar-refractivity contribution in [1.82, 2.24) is 0 Å². The van der Waals surface area contributed by atoms with Gasteiger partial charge in [-0.3, -0.25) is 4.79 Å². The monoisotopic (exact) mass is 174 g/mol. The molecule has 1 atom stereocenters. The molecule has 0 N–H and O–H groups in total. The summed E-state index contributed by atoms with van der Waals surface area (Å²) in [5.41, 5.74) is 2.25. The first-order valence-electron chi connectivity index (χ1n) is 4.73. The highest BCUT2D eigenvalue weighted by Gasteiger charge is 2.42. The van der Waals surface area contributed by atoms with Crippen LogP contribution in [0.2, 0.25) is 0 Å². The van der Waals surface area contributed by atoms with Crippen molar-refractivity contribution in [1.29, 1.82) is 0 Å². The second-order valence-electron chi connectivity index (χ2n) is 4.12. The van der Waals surface area contributed by atoms with Gasteiger partial charge < -0.3 is 0 Å². The van der Waals surface area contributed by atoms with Crippen LogP contribution >= 0.6 is 0 Å². The van der Waals surface area contributed by atoms with Crippen molar-refractivity contribution in [3.63, 3.8) is 0 Å². The normalized spacial score (nSPS) is 27.1. The van der Waals surface area contributed by atoms with E-state index in [1.165, 1.54) is 11.1 Å². The highest BCUT2D eigenvalue weighted by atomic mass is 16.1. The van der Waals surface area contributed by atoms with Crippen molar-refractivity contribution in [3.8, 4) is 0 Å². The number of ketones is 1. The van der Waals surface area contributed by atoms with Crippen LogP contribution in [0.4, 0.5) is 0 Å². The van der Waals surface area contributed by atoms with Gasteiger partial charge in [0, 0.05) is 6.42 Å². The number of Topliss-reactive ketones (excluding diaryl/α,β-unsaturated/α-hetero) is 1. The van der Waals surface area contributed by atoms with Crippen molar-refractivity contribution < 1.29 is 4.79 Å². The largest absolute Gasteiger partial charge is 0.299 e. The maximum absolute atomic E-state index is 11.4. The lowest BCUT2D eigenvalue weighted by molar-refractivity contribution is -0.130. The molecule has 0 heterocycles. The molecule has 13 heavy (non-hydrogen) atoms. The lowest BCUT2D eigenvalue weighted by Crippen LogP contribution is -2.41. The Morgan fingerprint density at radius 3 is 2.23 bits per heavy atom. The lowest BCUT2D eigenvalue weighted by Gasteiger charge is -2.36. The van der Waals surface area contributed by atoms with Crippen molar-refractivity contribution >= 4 is 5.78 Å². The molecule has 68 valence electrons. The molecule has 1 aromatic carbocycles. The molecule has 1 fully saturated rings. The molecule has 0 spiro atoms. The summed E-state index contributed by atoms with van der Waals surface area (Å²) in [4.78, 5) is 11.4. The highest BCUT2D eigenvalue weighted by Crippen LogP contribution is 2.39. The van der Waals surface area contributed by atoms with Crippen LogP contribution in [0, 0.1) is 6.92 Å². The van der Waals surface area contributed by atoms with Crippen LogP contribution in [0.15, 0.2) is 24.3 Å². The first-order chi connectivity index (χ1) is 6.13. The molecule has 2 rings (SSSR count). The first-order valence-corrected chi connectivity index (χ1v) is 4.73. The Labute approximate surface area is 78.8 Å². The predicted molar refractivity (Wildman–Crippen MR) is 52.8 cm³/mol. The smallest absolute Gasteiger partial charge is 0.143 e. The predicted octanol–water partition coefficient (Wildman–Crippen LogP) is 2.62. The van der Waals surface area contributed by atoms with Crippen molar-refractivity contribution in [2.75, 3.05) is 0 Å². The van der Waals surface area contributed by atoms with Crippen LogP contribution in [0.25, 0.3) is 0 Å². The number of hydrogen-bond donors (Lipinski definition) is 0. The SMILES string of the molecule is Cc1ccc([C@@]2(C)CCC2=O)cc1. The number of aryl methyl sites for hydroxylation is 1. The summed E-state index contributed by atoms with van der Waals surface area (Å²) in [6.45, 7) is 4.11. The molecule has 1 nitrogen and oxygen atoms in total. The molecule has 0 unspecified atom stereocenters. The van der Waals surface area contributed by atoms with Gasteiger partial charge in [0.2, 0.25) is 0 Å². The maximum atomic E-state index is 11.4. The summed E-state index contributed by atoms with van der Waals surface area (Å²) < 4.78 is 0. The lowest BCUT2D eigenvalue weighted by atomic mass is 9.65. The molecule has 1 heteroatoms. The van der Waals surface area contributed by atoms with E-state index in [-0.39, 0.29) is 5.41 Å². The summed E-state index contributed by atoms with van der Waals surface area (Å²) in [5, 5.41) is 0. The van der Waals surface area contributed by atoms with Crippen molar-refractivity contribution in [3.05, 3.63) is 35.4 Å². The van der Waals surface area contributed by atoms with E-state index < -0.39 is 0 Å². The Bertz CT molecular complexity index is 337. The molecule has 0 aromatic heterocycles. The van der Waals surface area contributed by atoms with Crippen molar-refractivity contribution in [2.45, 2.75) is 32.1 Å². The molecular weight excluding hydrogens is 160 g/mol. The third-order valence-corrected chi connectivity index (χ3v) is 3.16. The van der Waals surface area contributed by atoms with Crippen molar-refractivity contribution in [2.24, 2.45) is 0 Å². The van der Waals surface area contributed by atoms with Crippen LogP contribution in [-0.2, 0) is 10.2 Å². The van der Waals surface area contributed by atoms with E-state index in [1.54, 1.807) is 0 Å². The average Bonchev–Trinajstić information content (AvgIpc) is 2.15.